The van der Waals surface area contributed by atoms with Gasteiger partial charge < -0.3 is 10.4 Å². The number of carboxylic acids is 1. The van der Waals surface area contributed by atoms with Gasteiger partial charge in [0.15, 0.2) is 0 Å². The van der Waals surface area contributed by atoms with Gasteiger partial charge in [-0.1, -0.05) is 0 Å². The fraction of sp³-hybridized carbons (Fsp3) is 0.500. The highest BCUT2D eigenvalue weighted by atomic mass is 17.1. The number of hydrogen-bond donors (Lipinski definition) is 1. The molecule has 0 unspecified atom stereocenters. The molecule has 0 rings (SSSR count). The van der Waals surface area contributed by atoms with Crippen LogP contribution in [0.25, 0.3) is 0 Å². The Hall–Kier alpha value is -0.730. The van der Waals surface area contributed by atoms with Gasteiger partial charge in [-0.15, -0.1) is 0 Å². The van der Waals surface area contributed by atoms with Crippen molar-refractivity contribution < 1.29 is 14.9 Å². The molecule has 1 N–H and O–H groups in total. The standard InChI is InChI=1S/C2H4O3/c1-2(3)5-4/h3H,1H3. The van der Waals surface area contributed by atoms with E-state index in [0.29, 0.717) is 0 Å². The van der Waals surface area contributed by atoms with Crippen LogP contribution < -0.4 is 5.26 Å². The highest BCUT2D eigenvalue weighted by Gasteiger charge is 1.83. The molecule has 0 spiro atoms. The summed E-state index contributed by atoms with van der Waals surface area (Å²) in [6, 6.07) is 0. The average molecular weight is 76.1 g/mol. The minimum absolute atomic E-state index is 0.551. The summed E-state index contributed by atoms with van der Waals surface area (Å²) in [4.78, 5) is 0. The van der Waals surface area contributed by atoms with E-state index in [1.807, 2.05) is 0 Å². The number of carboxylic acid groups (broad SMARTS) is 1. The highest BCUT2D eigenvalue weighted by molar-refractivity contribution is 5.63. The number of rotatable bonds is 0. The van der Waals surface area contributed by atoms with Crippen LogP contribution in [0.15, 0.2) is 0 Å². The van der Waals surface area contributed by atoms with Gasteiger partial charge in [-0.05, 0) is 0 Å². The van der Waals surface area contributed by atoms with Gasteiger partial charge in [0.1, 0.15) is 0 Å². The molecule has 0 radical (unpaired) electrons. The van der Waals surface area contributed by atoms with Gasteiger partial charge in [-0.25, -0.2) is 0 Å². The van der Waals surface area contributed by atoms with Gasteiger partial charge in [0, 0.05) is 0 Å². The molecule has 0 aliphatic rings. The van der Waals surface area contributed by atoms with Crippen LogP contribution in [0.3, 0.4) is 0 Å². The zero-order valence-corrected chi connectivity index (χ0v) is 2.76. The molecule has 5 heavy (non-hydrogen) atoms. The first-order valence-electron chi connectivity index (χ1n) is 1.09. The minimum atomic E-state index is -0.551. The van der Waals surface area contributed by atoms with Crippen molar-refractivity contribution in [3.05, 3.63) is 0 Å². The second-order valence-electron chi connectivity index (χ2n) is 0.602. The van der Waals surface area contributed by atoms with Crippen LogP contribution in [0.2, 0.25) is 0 Å². The van der Waals surface area contributed by atoms with E-state index in [1.165, 1.54) is 0 Å². The smallest absolute Gasteiger partial charge is 0.491 e. The van der Waals surface area contributed by atoms with E-state index < -0.39 is 5.97 Å². The lowest BCUT2D eigenvalue weighted by atomic mass is 10.9. The topological polar surface area (TPSA) is 54.6 Å². The molecule has 0 aromatic heterocycles. The van der Waals surface area contributed by atoms with E-state index in [9.17, 15) is 0 Å². The van der Waals surface area contributed by atoms with Gasteiger partial charge >= 0.3 is 5.97 Å². The lowest BCUT2D eigenvalue weighted by Crippen LogP contribution is -2.03. The molecular formula is C2H4O3. The summed E-state index contributed by atoms with van der Waals surface area (Å²) in [6.45, 7) is 1.16. The summed E-state index contributed by atoms with van der Waals surface area (Å²) in [6.07, 6.45) is 0. The van der Waals surface area contributed by atoms with Gasteiger partial charge in [-0.2, -0.15) is 0 Å². The van der Waals surface area contributed by atoms with Gasteiger partial charge in [0.05, 0.1) is 6.92 Å². The Morgan fingerprint density at radius 2 is 2.20 bits per heavy atom. The van der Waals surface area contributed by atoms with Crippen LogP contribution in [0.1, 0.15) is 6.92 Å². The Balaban J connectivity index is 3.14. The van der Waals surface area contributed by atoms with Crippen molar-refractivity contribution in [1.82, 2.24) is 0 Å². The summed E-state index contributed by atoms with van der Waals surface area (Å²) in [7, 11) is 0. The first-order chi connectivity index (χ1) is 2.27. The third kappa shape index (κ3) is 3.27. The Morgan fingerprint density at radius 3 is 2.20 bits per heavy atom. The first kappa shape index (κ1) is 4.27. The summed E-state index contributed by atoms with van der Waals surface area (Å²) in [5.41, 5.74) is 0. The maximum absolute atomic E-state index is 8.84. The molecule has 0 aliphatic heterocycles. The molecule has 0 saturated heterocycles. The molecule has 0 aliphatic carbocycles. The zero-order chi connectivity index (χ0) is 4.28. The van der Waals surface area contributed by atoms with Crippen molar-refractivity contribution in [3.8, 4) is 0 Å². The van der Waals surface area contributed by atoms with Crippen molar-refractivity contribution in [3.63, 3.8) is 0 Å². The molecule has 0 aromatic carbocycles. The third-order valence-electron chi connectivity index (χ3n) is 0.121. The number of aliphatic hydroxyl groups excluding tert-OH is 1. The molecule has 3 heteroatoms. The molecule has 3 nitrogen and oxygen atoms in total. The Kier molecular flexibility index (Phi) is 1.35. The average Bonchev–Trinajstić information content (AvgIpc) is 1.38. The SMILES string of the molecule is CC(O)=[O+][O-]. The van der Waals surface area contributed by atoms with Crippen LogP contribution in [0.5, 0.6) is 0 Å². The van der Waals surface area contributed by atoms with Crippen LogP contribution in [0.4, 0.5) is 0 Å². The van der Waals surface area contributed by atoms with E-state index in [4.69, 9.17) is 10.4 Å². The fourth-order valence-electron chi connectivity index (χ4n) is 0. The predicted molar refractivity (Wildman–Crippen MR) is 13.3 cm³/mol. The second-order valence-corrected chi connectivity index (χ2v) is 0.602. The molecule has 0 bridgehead atoms. The van der Waals surface area contributed by atoms with Crippen LogP contribution >= 0.6 is 0 Å². The number of aliphatic carboxylic acids is 1. The van der Waals surface area contributed by atoms with Crippen molar-refractivity contribution >= 4 is 5.97 Å². The maximum Gasteiger partial charge on any atom is 0.491 e. The highest BCUT2D eigenvalue weighted by Crippen LogP contribution is 1.46. The summed E-state index contributed by atoms with van der Waals surface area (Å²) in [5, 5.41) is 16.6. The third-order valence-corrected chi connectivity index (χ3v) is 0.121. The van der Waals surface area contributed by atoms with Gasteiger partial charge in [0.25, 0.3) is 0 Å². The summed E-state index contributed by atoms with van der Waals surface area (Å²) in [5.74, 6) is -0.551. The van der Waals surface area contributed by atoms with Gasteiger partial charge in [-0.3, -0.25) is 4.58 Å². The maximum atomic E-state index is 8.84. The molecule has 0 amide bonds. The molecule has 0 fully saturated rings. The molecule has 0 atom stereocenters. The first-order valence-corrected chi connectivity index (χ1v) is 1.09. The zero-order valence-electron chi connectivity index (χ0n) is 2.76. The normalized spacial score (nSPS) is 11.8. The van der Waals surface area contributed by atoms with Crippen LogP contribution in [-0.2, 0) is 4.58 Å². The predicted octanol–water partition coefficient (Wildman–Crippen LogP) is -1.10. The lowest BCUT2D eigenvalue weighted by molar-refractivity contribution is -1.05. The van der Waals surface area contributed by atoms with Crippen LogP contribution in [-0.4, -0.2) is 11.1 Å². The fourth-order valence-corrected chi connectivity index (χ4v) is 0. The second kappa shape index (κ2) is 1.58. The van der Waals surface area contributed by atoms with Gasteiger partial charge in [0.2, 0.25) is 0 Å². The van der Waals surface area contributed by atoms with Crippen molar-refractivity contribution in [2.75, 3.05) is 0 Å². The molecular weight excluding hydrogens is 72.0 g/mol. The number of hydrogen-bond acceptors (Lipinski definition) is 1. The van der Waals surface area contributed by atoms with Crippen molar-refractivity contribution in [1.29, 1.82) is 0 Å². The van der Waals surface area contributed by atoms with Crippen LogP contribution in [0, 0.1) is 0 Å². The molecule has 0 saturated carbocycles. The quantitative estimate of drug-likeness (QED) is 0.226. The Labute approximate surface area is 29.1 Å². The summed E-state index contributed by atoms with van der Waals surface area (Å²) < 4.78 is 2.97. The van der Waals surface area contributed by atoms with E-state index in [1.54, 1.807) is 0 Å². The van der Waals surface area contributed by atoms with Crippen molar-refractivity contribution in [2.45, 2.75) is 6.92 Å². The Bertz CT molecular complexity index is 42.9. The molecule has 30 valence electrons. The van der Waals surface area contributed by atoms with E-state index >= 15 is 0 Å². The molecule has 0 heterocycles. The van der Waals surface area contributed by atoms with E-state index in [2.05, 4.69) is 4.58 Å². The van der Waals surface area contributed by atoms with Crippen molar-refractivity contribution in [2.24, 2.45) is 0 Å². The van der Waals surface area contributed by atoms with E-state index in [0.717, 1.165) is 6.92 Å². The monoisotopic (exact) mass is 76.0 g/mol. The molecule has 0 aromatic rings. The largest absolute Gasteiger partial charge is 0.588 e. The summed E-state index contributed by atoms with van der Waals surface area (Å²) >= 11 is 0. The minimum Gasteiger partial charge on any atom is -0.588 e. The lowest BCUT2D eigenvalue weighted by Gasteiger charge is -1.71. The van der Waals surface area contributed by atoms with E-state index in [-0.39, 0.29) is 0 Å². The Morgan fingerprint density at radius 1 is 2.00 bits per heavy atom.